The van der Waals surface area contributed by atoms with Crippen molar-refractivity contribution < 1.29 is 41.8 Å². The van der Waals surface area contributed by atoms with Gasteiger partial charge in [0.1, 0.15) is 6.04 Å². The summed E-state index contributed by atoms with van der Waals surface area (Å²) in [6.45, 7) is 0. The highest BCUT2D eigenvalue weighted by Crippen LogP contribution is 2.31. The van der Waals surface area contributed by atoms with E-state index >= 15 is 0 Å². The van der Waals surface area contributed by atoms with Gasteiger partial charge in [-0.05, 0) is 27.6 Å². The minimum Gasteiger partial charge on any atom is -0.504 e. The number of aromatic hydroxyl groups is 1. The Morgan fingerprint density at radius 1 is 1.27 bits per heavy atom. The average molecular weight is 392 g/mol. The van der Waals surface area contributed by atoms with Crippen LogP contribution in [0.25, 0.3) is 0 Å². The van der Waals surface area contributed by atoms with Gasteiger partial charge in [-0.25, -0.2) is 9.18 Å². The molecule has 3 N–H and O–H groups in total. The van der Waals surface area contributed by atoms with Crippen molar-refractivity contribution in [3.05, 3.63) is 27.7 Å². The van der Waals surface area contributed by atoms with E-state index in [2.05, 4.69) is 15.9 Å². The van der Waals surface area contributed by atoms with Crippen LogP contribution in [0.2, 0.25) is 0 Å². The maximum atomic E-state index is 13.6. The number of carbonyl (C=O) groups excluding carboxylic acids is 1. The highest BCUT2D eigenvalue weighted by molar-refractivity contribution is 9.10. The molecule has 0 aliphatic rings. The van der Waals surface area contributed by atoms with Gasteiger partial charge in [-0.3, -0.25) is 4.79 Å². The van der Waals surface area contributed by atoms with Crippen LogP contribution in [-0.4, -0.2) is 34.3 Å². The highest BCUT2D eigenvalue weighted by Gasteiger charge is 2.41. The number of aliphatic carboxylic acids is 1. The molecule has 1 rings (SSSR count). The van der Waals surface area contributed by atoms with Gasteiger partial charge in [0.05, 0.1) is 4.47 Å². The minimum absolute atomic E-state index is 0.326. The number of hydrogen-bond donors (Lipinski definition) is 3. The summed E-state index contributed by atoms with van der Waals surface area (Å²) in [7, 11) is 0. The van der Waals surface area contributed by atoms with Crippen molar-refractivity contribution in [1.29, 1.82) is 0 Å². The van der Waals surface area contributed by atoms with Crippen LogP contribution < -0.4 is 5.32 Å². The van der Waals surface area contributed by atoms with Gasteiger partial charge >= 0.3 is 18.1 Å². The summed E-state index contributed by atoms with van der Waals surface area (Å²) < 4.78 is 62.8. The summed E-state index contributed by atoms with van der Waals surface area (Å²) in [5, 5.41) is 19.0. The average Bonchev–Trinajstić information content (AvgIpc) is 2.40. The molecule has 11 heteroatoms. The zero-order valence-electron chi connectivity index (χ0n) is 10.3. The summed E-state index contributed by atoms with van der Waals surface area (Å²) in [5.74, 6) is -8.81. The quantitative estimate of drug-likeness (QED) is 0.541. The zero-order chi connectivity index (χ0) is 17.2. The Bertz CT molecular complexity index is 619. The lowest BCUT2D eigenvalue weighted by molar-refractivity contribution is -0.175. The van der Waals surface area contributed by atoms with E-state index < -0.39 is 53.5 Å². The van der Waals surface area contributed by atoms with Crippen molar-refractivity contribution in [2.75, 3.05) is 0 Å². The number of carboxylic acid groups (broad SMARTS) is 1. The molecule has 0 aliphatic carbocycles. The number of benzene rings is 1. The molecule has 0 aliphatic heterocycles. The Balaban J connectivity index is 3.08. The van der Waals surface area contributed by atoms with Crippen LogP contribution in [0.5, 0.6) is 5.75 Å². The van der Waals surface area contributed by atoms with Crippen molar-refractivity contribution in [1.82, 2.24) is 5.32 Å². The third-order valence-corrected chi connectivity index (χ3v) is 3.10. The fourth-order valence-electron chi connectivity index (χ4n) is 1.44. The van der Waals surface area contributed by atoms with Gasteiger partial charge in [-0.1, -0.05) is 0 Å². The molecular weight excluding hydrogens is 385 g/mol. The van der Waals surface area contributed by atoms with Gasteiger partial charge in [0.25, 0.3) is 0 Å². The van der Waals surface area contributed by atoms with E-state index in [1.165, 1.54) is 0 Å². The predicted molar refractivity (Wildman–Crippen MR) is 65.0 cm³/mol. The molecule has 0 aromatic heterocycles. The lowest BCUT2D eigenvalue weighted by Gasteiger charge is -2.16. The van der Waals surface area contributed by atoms with Gasteiger partial charge < -0.3 is 15.5 Å². The first-order valence-corrected chi connectivity index (χ1v) is 6.20. The van der Waals surface area contributed by atoms with E-state index in [9.17, 15) is 31.5 Å². The zero-order valence-corrected chi connectivity index (χ0v) is 11.9. The summed E-state index contributed by atoms with van der Waals surface area (Å²) in [4.78, 5) is 21.6. The van der Waals surface area contributed by atoms with E-state index in [0.717, 1.165) is 11.4 Å². The Labute approximate surface area is 127 Å². The van der Waals surface area contributed by atoms with Crippen molar-refractivity contribution >= 4 is 27.8 Å². The molecule has 122 valence electrons. The lowest BCUT2D eigenvalue weighted by Crippen LogP contribution is -2.48. The number of phenolic OH excluding ortho intramolecular Hbond substituents is 1. The Hall–Kier alpha value is -1.91. The second-order valence-electron chi connectivity index (χ2n) is 4.06. The van der Waals surface area contributed by atoms with Gasteiger partial charge in [0.2, 0.25) is 5.82 Å². The number of rotatable bonds is 4. The molecule has 0 bridgehead atoms. The van der Waals surface area contributed by atoms with Crippen LogP contribution in [0.1, 0.15) is 5.56 Å². The molecule has 0 spiro atoms. The summed E-state index contributed by atoms with van der Waals surface area (Å²) in [6, 6.07) is -1.34. The van der Waals surface area contributed by atoms with E-state index in [1.807, 2.05) is 0 Å². The molecule has 1 unspecified atom stereocenters. The maximum absolute atomic E-state index is 13.6. The van der Waals surface area contributed by atoms with Gasteiger partial charge in [0.15, 0.2) is 11.6 Å². The molecule has 0 radical (unpaired) electrons. The summed E-state index contributed by atoms with van der Waals surface area (Å²) in [6.07, 6.45) is -6.29. The maximum Gasteiger partial charge on any atom is 0.471 e. The third kappa shape index (κ3) is 4.06. The molecule has 22 heavy (non-hydrogen) atoms. The summed E-state index contributed by atoms with van der Waals surface area (Å²) in [5.41, 5.74) is -0.642. The van der Waals surface area contributed by atoms with Gasteiger partial charge in [-0.15, -0.1) is 0 Å². The number of alkyl halides is 3. The molecule has 0 heterocycles. The normalized spacial score (nSPS) is 12.8. The van der Waals surface area contributed by atoms with E-state index in [1.54, 1.807) is 0 Å². The van der Waals surface area contributed by atoms with Gasteiger partial charge in [0, 0.05) is 6.42 Å². The molecular formula is C11H7BrF5NO4. The van der Waals surface area contributed by atoms with E-state index in [-0.39, 0.29) is 4.47 Å². The number of nitrogens with one attached hydrogen (secondary N) is 1. The van der Waals surface area contributed by atoms with Crippen LogP contribution >= 0.6 is 15.9 Å². The predicted octanol–water partition coefficient (Wildman–Crippen LogP) is 2.11. The molecule has 0 saturated heterocycles. The van der Waals surface area contributed by atoms with Gasteiger partial charge in [-0.2, -0.15) is 17.6 Å². The van der Waals surface area contributed by atoms with Crippen molar-refractivity contribution in [3.63, 3.8) is 0 Å². The standard InChI is InChI=1S/C11H7BrF5NO4/c12-4-1-3(6(13)7(14)8(4)19)2-5(9(20)21)18-10(22)11(15,16)17/h1,5,19H,2H2,(H,18,22)(H,20,21). The van der Waals surface area contributed by atoms with Crippen LogP contribution in [0, 0.1) is 11.6 Å². The molecule has 1 amide bonds. The van der Waals surface area contributed by atoms with Crippen LogP contribution in [0.3, 0.4) is 0 Å². The first kappa shape index (κ1) is 18.1. The number of phenols is 1. The SMILES string of the molecule is O=C(O)C(Cc1cc(Br)c(O)c(F)c1F)NC(=O)C(F)(F)F. The molecule has 0 fully saturated rings. The van der Waals surface area contributed by atoms with Crippen molar-refractivity contribution in [3.8, 4) is 5.75 Å². The number of carbonyl (C=O) groups is 2. The first-order chi connectivity index (χ1) is 9.95. The topological polar surface area (TPSA) is 86.6 Å². The Morgan fingerprint density at radius 3 is 2.27 bits per heavy atom. The van der Waals surface area contributed by atoms with Crippen molar-refractivity contribution in [2.45, 2.75) is 18.6 Å². The van der Waals surface area contributed by atoms with Crippen LogP contribution in [0.15, 0.2) is 10.5 Å². The fourth-order valence-corrected chi connectivity index (χ4v) is 1.89. The molecule has 0 saturated carbocycles. The molecule has 1 atom stereocenters. The number of amides is 1. The monoisotopic (exact) mass is 391 g/mol. The number of carboxylic acids is 1. The minimum atomic E-state index is -5.33. The molecule has 5 nitrogen and oxygen atoms in total. The number of hydrogen-bond acceptors (Lipinski definition) is 3. The Morgan fingerprint density at radius 2 is 1.82 bits per heavy atom. The van der Waals surface area contributed by atoms with Crippen molar-refractivity contribution in [2.24, 2.45) is 0 Å². The Kier molecular flexibility index (Phi) is 5.33. The highest BCUT2D eigenvalue weighted by atomic mass is 79.9. The smallest absolute Gasteiger partial charge is 0.471 e. The molecule has 1 aromatic carbocycles. The lowest BCUT2D eigenvalue weighted by atomic mass is 10.0. The van der Waals surface area contributed by atoms with E-state index in [4.69, 9.17) is 10.2 Å². The second kappa shape index (κ2) is 6.46. The van der Waals surface area contributed by atoms with Crippen LogP contribution in [0.4, 0.5) is 22.0 Å². The van der Waals surface area contributed by atoms with E-state index in [0.29, 0.717) is 0 Å². The second-order valence-corrected chi connectivity index (χ2v) is 4.91. The fraction of sp³-hybridized carbons (Fsp3) is 0.273. The first-order valence-electron chi connectivity index (χ1n) is 5.41. The van der Waals surface area contributed by atoms with Crippen LogP contribution in [-0.2, 0) is 16.0 Å². The third-order valence-electron chi connectivity index (χ3n) is 2.49. The summed E-state index contributed by atoms with van der Waals surface area (Å²) >= 11 is 2.67. The molecule has 1 aromatic rings. The number of halogens is 6. The largest absolute Gasteiger partial charge is 0.504 e.